The normalized spacial score (nSPS) is 21.3. The maximum absolute atomic E-state index is 12.6. The molecule has 12 nitrogen and oxygen atoms in total. The molecule has 2 N–H and O–H groups in total. The van der Waals surface area contributed by atoms with E-state index in [9.17, 15) is 19.8 Å². The molecule has 0 aromatic heterocycles. The maximum Gasteiger partial charge on any atom is 0.342 e. The zero-order chi connectivity index (χ0) is 44.6. The summed E-state index contributed by atoms with van der Waals surface area (Å²) in [4.78, 5) is 25.2. The van der Waals surface area contributed by atoms with Crippen molar-refractivity contribution in [3.05, 3.63) is 109 Å². The highest BCUT2D eigenvalue weighted by molar-refractivity contribution is 5.97. The van der Waals surface area contributed by atoms with Crippen molar-refractivity contribution in [3.63, 3.8) is 0 Å². The third kappa shape index (κ3) is 14.5. The van der Waals surface area contributed by atoms with E-state index in [1.54, 1.807) is 26.0 Å². The molecule has 0 saturated carbocycles. The zero-order valence-corrected chi connectivity index (χ0v) is 36.4. The first-order chi connectivity index (χ1) is 28.4. The number of methoxy groups -OCH3 is 2. The molecular formula is C48H64O12. The Morgan fingerprint density at radius 3 is 1.35 bits per heavy atom. The molecule has 6 atom stereocenters. The lowest BCUT2D eigenvalue weighted by Crippen LogP contribution is -2.21. The van der Waals surface area contributed by atoms with Crippen LogP contribution in [0.1, 0.15) is 112 Å². The van der Waals surface area contributed by atoms with Crippen LogP contribution in [0.25, 0.3) is 12.2 Å². The van der Waals surface area contributed by atoms with Crippen molar-refractivity contribution in [2.75, 3.05) is 14.2 Å². The Bertz CT molecular complexity index is 1720. The Morgan fingerprint density at radius 1 is 0.667 bits per heavy atom. The number of rotatable bonds is 20. The predicted octanol–water partition coefficient (Wildman–Crippen LogP) is 10.0. The summed E-state index contributed by atoms with van der Waals surface area (Å²) in [6, 6.07) is 5.99. The van der Waals surface area contributed by atoms with Crippen LogP contribution in [0.4, 0.5) is 0 Å². The molecular weight excluding hydrogens is 769 g/mol. The zero-order valence-electron chi connectivity index (χ0n) is 36.4. The molecule has 12 heteroatoms. The van der Waals surface area contributed by atoms with Crippen LogP contribution < -0.4 is 9.47 Å². The summed E-state index contributed by atoms with van der Waals surface area (Å²) in [5.41, 5.74) is 1.03. The summed E-state index contributed by atoms with van der Waals surface area (Å²) in [7, 11) is 2.96. The van der Waals surface area contributed by atoms with E-state index in [1.807, 2.05) is 64.2 Å². The third-order valence-corrected chi connectivity index (χ3v) is 9.52. The van der Waals surface area contributed by atoms with Crippen LogP contribution in [0.3, 0.4) is 0 Å². The van der Waals surface area contributed by atoms with Crippen molar-refractivity contribution in [2.45, 2.75) is 128 Å². The van der Waals surface area contributed by atoms with Crippen molar-refractivity contribution >= 4 is 24.1 Å². The summed E-state index contributed by atoms with van der Waals surface area (Å²) in [5, 5.41) is 20.4. The van der Waals surface area contributed by atoms with Crippen LogP contribution in [0.5, 0.6) is 23.0 Å². The fourth-order valence-electron chi connectivity index (χ4n) is 6.70. The first kappa shape index (κ1) is 49.2. The van der Waals surface area contributed by atoms with Gasteiger partial charge >= 0.3 is 11.9 Å². The molecule has 2 fully saturated rings. The van der Waals surface area contributed by atoms with Gasteiger partial charge in [0.15, 0.2) is 11.6 Å². The molecule has 2 aromatic rings. The molecule has 2 aliphatic rings. The van der Waals surface area contributed by atoms with Crippen LogP contribution in [-0.4, -0.2) is 84.6 Å². The van der Waals surface area contributed by atoms with Crippen LogP contribution in [-0.2, 0) is 28.4 Å². The fraction of sp³-hybridized carbons (Fsp3) is 0.458. The van der Waals surface area contributed by atoms with Crippen molar-refractivity contribution < 1.29 is 57.7 Å². The lowest BCUT2D eigenvalue weighted by atomic mass is 10.1. The van der Waals surface area contributed by atoms with Gasteiger partial charge in [-0.2, -0.15) is 0 Å². The largest absolute Gasteiger partial charge is 0.507 e. The second-order valence-corrected chi connectivity index (χ2v) is 15.4. The van der Waals surface area contributed by atoms with Crippen LogP contribution in [0.15, 0.2) is 87.0 Å². The van der Waals surface area contributed by atoms with E-state index in [2.05, 4.69) is 26.3 Å². The van der Waals surface area contributed by atoms with Crippen LogP contribution in [0.2, 0.25) is 0 Å². The molecule has 0 spiro atoms. The Kier molecular flexibility index (Phi) is 18.9. The molecule has 2 saturated heterocycles. The molecule has 2 aromatic carbocycles. The summed E-state index contributed by atoms with van der Waals surface area (Å²) in [6.45, 7) is 26.0. The van der Waals surface area contributed by atoms with Gasteiger partial charge < -0.3 is 48.1 Å². The van der Waals surface area contributed by atoms with Gasteiger partial charge in [-0.3, -0.25) is 0 Å². The first-order valence-corrected chi connectivity index (χ1v) is 20.2. The molecule has 4 rings (SSSR count). The van der Waals surface area contributed by atoms with Crippen molar-refractivity contribution in [2.24, 2.45) is 0 Å². The van der Waals surface area contributed by atoms with Gasteiger partial charge in [-0.15, -0.1) is 13.2 Å². The second kappa shape index (κ2) is 23.0. The van der Waals surface area contributed by atoms with Gasteiger partial charge in [0.25, 0.3) is 0 Å². The molecule has 0 unspecified atom stereocenters. The number of aromatic hydroxyl groups is 2. The Hall–Kier alpha value is -5.14. The smallest absolute Gasteiger partial charge is 0.342 e. The van der Waals surface area contributed by atoms with Crippen LogP contribution >= 0.6 is 0 Å². The number of esters is 2. The van der Waals surface area contributed by atoms with Crippen LogP contribution in [0, 0.1) is 0 Å². The Balaban J connectivity index is 0.000000320. The number of benzene rings is 2. The Morgan fingerprint density at radius 2 is 1.03 bits per heavy atom. The SMILES string of the molecule is C=CCC[C@@H]1OC(C)(C)O[C@@H]1/C=C/C[C@H](C)OC(=O)c1c(O)cc(OC)cc1C=C.C=CCC[C@@H]1OC(C)(C)O[C@H]1/C=C/C[C@H](C)OC(=O)c1c(O)cc(OC)cc1C=C. The molecule has 0 radical (unpaired) electrons. The van der Waals surface area contributed by atoms with E-state index in [1.165, 1.54) is 38.5 Å². The van der Waals surface area contributed by atoms with Gasteiger partial charge in [-0.25, -0.2) is 9.59 Å². The standard InChI is InChI=1S/2C24H32O6/c2*1-7-9-12-20-21(30-24(4,5)29-20)13-10-11-16(3)28-23(26)22-17(8-2)14-18(27-6)15-19(22)25/h2*7-8,10,13-16,20-21,25H,1-2,9,11-12H2,3-6H3/b2*13-10+/t16-,20-,21+;16-,20-,21-/m00/s1. The highest BCUT2D eigenvalue weighted by Gasteiger charge is 2.40. The van der Waals surface area contributed by atoms with E-state index < -0.39 is 35.7 Å². The molecule has 0 aliphatic carbocycles. The predicted molar refractivity (Wildman–Crippen MR) is 233 cm³/mol. The minimum atomic E-state index is -0.633. The van der Waals surface area contributed by atoms with Crippen molar-refractivity contribution in [1.29, 1.82) is 0 Å². The quantitative estimate of drug-likeness (QED) is 0.0966. The molecule has 0 bridgehead atoms. The summed E-state index contributed by atoms with van der Waals surface area (Å²) in [6.07, 6.45) is 17.6. The molecule has 2 aliphatic heterocycles. The fourth-order valence-corrected chi connectivity index (χ4v) is 6.70. The van der Waals surface area contributed by atoms with Gasteiger partial charge in [0.05, 0.1) is 26.4 Å². The second-order valence-electron chi connectivity index (χ2n) is 15.4. The van der Waals surface area contributed by atoms with E-state index in [0.29, 0.717) is 35.5 Å². The van der Waals surface area contributed by atoms with Gasteiger partial charge in [0, 0.05) is 25.0 Å². The minimum absolute atomic E-state index is 0.0431. The number of allylic oxidation sites excluding steroid dienone is 2. The van der Waals surface area contributed by atoms with E-state index >= 15 is 0 Å². The van der Waals surface area contributed by atoms with Gasteiger partial charge in [-0.1, -0.05) is 61.8 Å². The topological polar surface area (TPSA) is 148 Å². The van der Waals surface area contributed by atoms with E-state index in [-0.39, 0.29) is 47.0 Å². The average Bonchev–Trinajstić information content (AvgIpc) is 3.66. The van der Waals surface area contributed by atoms with E-state index in [4.69, 9.17) is 37.9 Å². The van der Waals surface area contributed by atoms with Crippen molar-refractivity contribution in [1.82, 2.24) is 0 Å². The summed E-state index contributed by atoms with van der Waals surface area (Å²) >= 11 is 0. The molecule has 2 heterocycles. The highest BCUT2D eigenvalue weighted by Crippen LogP contribution is 2.34. The molecule has 60 heavy (non-hydrogen) atoms. The number of hydrogen-bond acceptors (Lipinski definition) is 12. The lowest BCUT2D eigenvalue weighted by molar-refractivity contribution is -0.143. The lowest BCUT2D eigenvalue weighted by Gasteiger charge is -2.16. The average molecular weight is 833 g/mol. The first-order valence-electron chi connectivity index (χ1n) is 20.2. The molecule has 328 valence electrons. The number of carbonyl (C=O) groups excluding carboxylic acids is 2. The summed E-state index contributed by atoms with van der Waals surface area (Å²) in [5.74, 6) is -2.04. The number of phenols is 2. The van der Waals surface area contributed by atoms with Gasteiger partial charge in [0.1, 0.15) is 58.5 Å². The molecule has 0 amide bonds. The summed E-state index contributed by atoms with van der Waals surface area (Å²) < 4.78 is 45.0. The Labute approximate surface area is 355 Å². The number of phenolic OH excluding ortho intramolecular Hbond substituents is 2. The van der Waals surface area contributed by atoms with Gasteiger partial charge in [0.2, 0.25) is 0 Å². The van der Waals surface area contributed by atoms with E-state index in [0.717, 1.165) is 25.7 Å². The minimum Gasteiger partial charge on any atom is -0.507 e. The highest BCUT2D eigenvalue weighted by atomic mass is 16.8. The van der Waals surface area contributed by atoms with Gasteiger partial charge in [-0.05, 0) is 90.5 Å². The third-order valence-electron chi connectivity index (χ3n) is 9.52. The number of hydrogen-bond donors (Lipinski definition) is 2. The number of ether oxygens (including phenoxy) is 8. The number of carbonyl (C=O) groups is 2. The monoisotopic (exact) mass is 832 g/mol. The van der Waals surface area contributed by atoms with Crippen molar-refractivity contribution in [3.8, 4) is 23.0 Å². The maximum atomic E-state index is 12.6.